The van der Waals surface area contributed by atoms with Gasteiger partial charge in [-0.05, 0) is 30.6 Å². The van der Waals surface area contributed by atoms with Crippen LogP contribution in [-0.4, -0.2) is 25.0 Å². The van der Waals surface area contributed by atoms with Gasteiger partial charge in [0.1, 0.15) is 0 Å². The molecule has 0 unspecified atom stereocenters. The SMILES string of the molecule is Cc1nsc(C)c1-c1nn[nH]n1. The van der Waals surface area contributed by atoms with E-state index >= 15 is 0 Å². The number of nitrogens with one attached hydrogen (secondary N) is 1. The molecule has 0 fully saturated rings. The Hall–Kier alpha value is -1.30. The van der Waals surface area contributed by atoms with E-state index in [0.29, 0.717) is 5.82 Å². The summed E-state index contributed by atoms with van der Waals surface area (Å²) < 4.78 is 4.19. The van der Waals surface area contributed by atoms with Crippen molar-refractivity contribution in [3.05, 3.63) is 10.6 Å². The molecular weight excluding hydrogens is 174 g/mol. The first-order chi connectivity index (χ1) is 5.79. The van der Waals surface area contributed by atoms with Crippen LogP contribution in [0.3, 0.4) is 0 Å². The number of hydrogen-bond acceptors (Lipinski definition) is 5. The molecule has 0 spiro atoms. The van der Waals surface area contributed by atoms with Crippen molar-refractivity contribution in [1.82, 2.24) is 25.0 Å². The van der Waals surface area contributed by atoms with Gasteiger partial charge >= 0.3 is 0 Å². The molecule has 0 aliphatic rings. The molecule has 0 bridgehead atoms. The fourth-order valence-electron chi connectivity index (χ4n) is 1.07. The summed E-state index contributed by atoms with van der Waals surface area (Å²) in [4.78, 5) is 1.12. The second-order valence-electron chi connectivity index (χ2n) is 2.43. The van der Waals surface area contributed by atoms with Gasteiger partial charge in [-0.15, -0.1) is 10.2 Å². The monoisotopic (exact) mass is 181 g/mol. The second kappa shape index (κ2) is 2.63. The van der Waals surface area contributed by atoms with Gasteiger partial charge in [-0.1, -0.05) is 0 Å². The summed E-state index contributed by atoms with van der Waals surface area (Å²) in [6.07, 6.45) is 0. The molecule has 0 saturated carbocycles. The van der Waals surface area contributed by atoms with Crippen molar-refractivity contribution in [2.45, 2.75) is 13.8 Å². The van der Waals surface area contributed by atoms with Crippen LogP contribution in [0.5, 0.6) is 0 Å². The first-order valence-electron chi connectivity index (χ1n) is 3.45. The van der Waals surface area contributed by atoms with Crippen LogP contribution >= 0.6 is 11.5 Å². The zero-order chi connectivity index (χ0) is 8.55. The highest BCUT2D eigenvalue weighted by atomic mass is 32.1. The summed E-state index contributed by atoms with van der Waals surface area (Å²) in [6, 6.07) is 0. The Labute approximate surface area is 73.0 Å². The van der Waals surface area contributed by atoms with Crippen LogP contribution in [0, 0.1) is 13.8 Å². The minimum Gasteiger partial charge on any atom is -0.197 e. The van der Waals surface area contributed by atoms with Crippen LogP contribution in [-0.2, 0) is 0 Å². The molecule has 2 aromatic heterocycles. The third-order valence-electron chi connectivity index (χ3n) is 1.60. The van der Waals surface area contributed by atoms with Crippen LogP contribution in [0.25, 0.3) is 11.4 Å². The van der Waals surface area contributed by atoms with Crippen molar-refractivity contribution in [1.29, 1.82) is 0 Å². The number of nitrogens with zero attached hydrogens (tertiary/aromatic N) is 4. The number of aryl methyl sites for hydroxylation is 2. The molecule has 0 atom stereocenters. The van der Waals surface area contributed by atoms with Crippen LogP contribution < -0.4 is 0 Å². The third-order valence-corrected chi connectivity index (χ3v) is 2.45. The highest BCUT2D eigenvalue weighted by molar-refractivity contribution is 7.06. The summed E-state index contributed by atoms with van der Waals surface area (Å²) in [5.41, 5.74) is 1.95. The van der Waals surface area contributed by atoms with Crippen LogP contribution in [0.2, 0.25) is 0 Å². The van der Waals surface area contributed by atoms with Gasteiger partial charge in [0, 0.05) is 4.88 Å². The maximum absolute atomic E-state index is 4.19. The van der Waals surface area contributed by atoms with E-state index in [9.17, 15) is 0 Å². The van der Waals surface area contributed by atoms with Crippen LogP contribution in [0.4, 0.5) is 0 Å². The Morgan fingerprint density at radius 2 is 2.17 bits per heavy atom. The molecule has 0 amide bonds. The molecular formula is C6H7N5S. The van der Waals surface area contributed by atoms with Gasteiger partial charge in [0.15, 0.2) is 0 Å². The van der Waals surface area contributed by atoms with E-state index in [2.05, 4.69) is 25.0 Å². The number of H-pyrrole nitrogens is 1. The van der Waals surface area contributed by atoms with E-state index in [0.717, 1.165) is 16.1 Å². The van der Waals surface area contributed by atoms with E-state index in [1.165, 1.54) is 11.5 Å². The minimum absolute atomic E-state index is 0.624. The molecule has 12 heavy (non-hydrogen) atoms. The maximum Gasteiger partial charge on any atom is 0.207 e. The molecule has 62 valence electrons. The standard InChI is InChI=1S/C6H7N5S/c1-3-5(4(2)12-9-3)6-7-10-11-8-6/h1-2H3,(H,7,8,10,11). The smallest absolute Gasteiger partial charge is 0.197 e. The van der Waals surface area contributed by atoms with Crippen molar-refractivity contribution in [2.24, 2.45) is 0 Å². The van der Waals surface area contributed by atoms with Crippen molar-refractivity contribution in [3.8, 4) is 11.4 Å². The zero-order valence-corrected chi connectivity index (χ0v) is 7.51. The summed E-state index contributed by atoms with van der Waals surface area (Å²) in [7, 11) is 0. The predicted molar refractivity (Wildman–Crippen MR) is 44.8 cm³/mol. The highest BCUT2D eigenvalue weighted by Crippen LogP contribution is 2.25. The molecule has 6 heteroatoms. The van der Waals surface area contributed by atoms with Crippen LogP contribution in [0.15, 0.2) is 0 Å². The molecule has 5 nitrogen and oxygen atoms in total. The molecule has 2 heterocycles. The van der Waals surface area contributed by atoms with Gasteiger partial charge < -0.3 is 0 Å². The Kier molecular flexibility index (Phi) is 1.61. The lowest BCUT2D eigenvalue weighted by Crippen LogP contribution is -1.83. The predicted octanol–water partition coefficient (Wildman–Crippen LogP) is 0.940. The molecule has 2 aromatic rings. The fourth-order valence-corrected chi connectivity index (χ4v) is 1.77. The van der Waals surface area contributed by atoms with Gasteiger partial charge in [-0.3, -0.25) is 0 Å². The van der Waals surface area contributed by atoms with Crippen molar-refractivity contribution in [3.63, 3.8) is 0 Å². The van der Waals surface area contributed by atoms with E-state index < -0.39 is 0 Å². The summed E-state index contributed by atoms with van der Waals surface area (Å²) >= 11 is 1.46. The number of aromatic amines is 1. The minimum atomic E-state index is 0.624. The number of rotatable bonds is 1. The van der Waals surface area contributed by atoms with E-state index in [4.69, 9.17) is 0 Å². The number of tetrazole rings is 1. The van der Waals surface area contributed by atoms with Crippen molar-refractivity contribution >= 4 is 11.5 Å². The van der Waals surface area contributed by atoms with Gasteiger partial charge in [0.25, 0.3) is 0 Å². The average molecular weight is 181 g/mol. The lowest BCUT2D eigenvalue weighted by molar-refractivity contribution is 0.881. The molecule has 1 N–H and O–H groups in total. The summed E-state index contributed by atoms with van der Waals surface area (Å²) in [5.74, 6) is 0.624. The van der Waals surface area contributed by atoms with E-state index in [1.54, 1.807) is 0 Å². The number of aromatic nitrogens is 5. The quantitative estimate of drug-likeness (QED) is 0.711. The van der Waals surface area contributed by atoms with Gasteiger partial charge in [-0.25, -0.2) is 0 Å². The Morgan fingerprint density at radius 3 is 2.67 bits per heavy atom. The lowest BCUT2D eigenvalue weighted by atomic mass is 10.2. The molecule has 0 saturated heterocycles. The average Bonchev–Trinajstić information content (AvgIpc) is 2.61. The molecule has 0 radical (unpaired) electrons. The molecule has 0 aromatic carbocycles. The van der Waals surface area contributed by atoms with Gasteiger partial charge in [0.05, 0.1) is 11.3 Å². The Balaban J connectivity index is 2.60. The zero-order valence-electron chi connectivity index (χ0n) is 6.70. The van der Waals surface area contributed by atoms with Gasteiger partial charge in [0.2, 0.25) is 5.82 Å². The van der Waals surface area contributed by atoms with Gasteiger partial charge in [-0.2, -0.15) is 9.59 Å². The second-order valence-corrected chi connectivity index (χ2v) is 3.41. The summed E-state index contributed by atoms with van der Waals surface area (Å²) in [5, 5.41) is 13.7. The van der Waals surface area contributed by atoms with E-state index in [1.807, 2.05) is 13.8 Å². The first kappa shape index (κ1) is 7.35. The summed E-state index contributed by atoms with van der Waals surface area (Å²) in [6.45, 7) is 3.94. The molecule has 2 rings (SSSR count). The molecule has 0 aliphatic heterocycles. The topological polar surface area (TPSA) is 67.3 Å². The fraction of sp³-hybridized carbons (Fsp3) is 0.333. The van der Waals surface area contributed by atoms with Crippen molar-refractivity contribution in [2.75, 3.05) is 0 Å². The first-order valence-corrected chi connectivity index (χ1v) is 4.23. The Morgan fingerprint density at radius 1 is 1.33 bits per heavy atom. The number of hydrogen-bond donors (Lipinski definition) is 1. The van der Waals surface area contributed by atoms with E-state index in [-0.39, 0.29) is 0 Å². The maximum atomic E-state index is 4.19. The lowest BCUT2D eigenvalue weighted by Gasteiger charge is -1.90. The Bertz CT molecular complexity index is 357. The van der Waals surface area contributed by atoms with Crippen LogP contribution in [0.1, 0.15) is 10.6 Å². The molecule has 0 aliphatic carbocycles. The largest absolute Gasteiger partial charge is 0.207 e. The highest BCUT2D eigenvalue weighted by Gasteiger charge is 2.12. The van der Waals surface area contributed by atoms with Crippen molar-refractivity contribution < 1.29 is 0 Å². The third kappa shape index (κ3) is 1.00. The normalized spacial score (nSPS) is 10.5.